The molecule has 0 aromatic carbocycles. The van der Waals surface area contributed by atoms with Crippen LogP contribution in [0.25, 0.3) is 0 Å². The lowest BCUT2D eigenvalue weighted by Gasteiger charge is -2.28. The zero-order valence-electron chi connectivity index (χ0n) is 15.9. The lowest BCUT2D eigenvalue weighted by molar-refractivity contribution is -0.143. The van der Waals surface area contributed by atoms with Gasteiger partial charge in [0.2, 0.25) is 0 Å². The fourth-order valence-corrected chi connectivity index (χ4v) is 3.13. The molecule has 1 rings (SSSR count). The minimum Gasteiger partial charge on any atom is -0.462 e. The first-order valence-corrected chi connectivity index (χ1v) is 9.61. The summed E-state index contributed by atoms with van der Waals surface area (Å²) in [6.07, 6.45) is 7.83. The van der Waals surface area contributed by atoms with Gasteiger partial charge in [0, 0.05) is 0 Å². The topological polar surface area (TPSA) is 52.6 Å². The molecule has 0 radical (unpaired) electrons. The van der Waals surface area contributed by atoms with Gasteiger partial charge in [0.1, 0.15) is 0 Å². The van der Waals surface area contributed by atoms with Crippen molar-refractivity contribution in [3.8, 4) is 0 Å². The molecular formula is C20H34O4. The van der Waals surface area contributed by atoms with E-state index in [1.807, 2.05) is 13.8 Å². The Morgan fingerprint density at radius 3 is 1.50 bits per heavy atom. The zero-order valence-corrected chi connectivity index (χ0v) is 15.9. The molecule has 0 amide bonds. The van der Waals surface area contributed by atoms with Crippen LogP contribution in [0.5, 0.6) is 0 Å². The van der Waals surface area contributed by atoms with Gasteiger partial charge in [0.15, 0.2) is 0 Å². The predicted octanol–water partition coefficient (Wildman–Crippen LogP) is 4.82. The normalized spacial score (nSPS) is 20.8. The van der Waals surface area contributed by atoms with Crippen LogP contribution in [0.2, 0.25) is 0 Å². The summed E-state index contributed by atoms with van der Waals surface area (Å²) < 4.78 is 10.8. The molecule has 0 saturated carbocycles. The van der Waals surface area contributed by atoms with Crippen LogP contribution in [0.3, 0.4) is 0 Å². The van der Waals surface area contributed by atoms with Crippen molar-refractivity contribution in [2.24, 2.45) is 11.8 Å². The molecule has 0 aliphatic heterocycles. The average Bonchev–Trinajstić information content (AvgIpc) is 2.57. The lowest BCUT2D eigenvalue weighted by atomic mass is 9.78. The third-order valence-corrected chi connectivity index (χ3v) is 4.71. The molecule has 0 bridgehead atoms. The highest BCUT2D eigenvalue weighted by Gasteiger charge is 2.34. The lowest BCUT2D eigenvalue weighted by Crippen LogP contribution is -2.28. The van der Waals surface area contributed by atoms with Crippen LogP contribution in [0.1, 0.15) is 79.1 Å². The number of hydrogen-bond acceptors (Lipinski definition) is 4. The first kappa shape index (κ1) is 20.7. The number of hydrogen-bond donors (Lipinski definition) is 0. The Morgan fingerprint density at radius 2 is 1.17 bits per heavy atom. The molecule has 0 fully saturated rings. The van der Waals surface area contributed by atoms with Crippen molar-refractivity contribution in [3.05, 3.63) is 11.1 Å². The molecule has 0 saturated heterocycles. The van der Waals surface area contributed by atoms with Crippen LogP contribution in [-0.2, 0) is 19.1 Å². The van der Waals surface area contributed by atoms with Gasteiger partial charge in [-0.2, -0.15) is 0 Å². The van der Waals surface area contributed by atoms with E-state index < -0.39 is 0 Å². The summed E-state index contributed by atoms with van der Waals surface area (Å²) in [5, 5.41) is 0. The van der Waals surface area contributed by atoms with Crippen molar-refractivity contribution in [2.75, 3.05) is 13.2 Å². The van der Waals surface area contributed by atoms with Crippen molar-refractivity contribution >= 4 is 11.9 Å². The van der Waals surface area contributed by atoms with E-state index >= 15 is 0 Å². The molecular weight excluding hydrogens is 304 g/mol. The van der Waals surface area contributed by atoms with Gasteiger partial charge >= 0.3 is 11.9 Å². The summed E-state index contributed by atoms with van der Waals surface area (Å²) in [4.78, 5) is 25.0. The predicted molar refractivity (Wildman–Crippen MR) is 95.6 cm³/mol. The molecule has 4 nitrogen and oxygen atoms in total. The van der Waals surface area contributed by atoms with Crippen molar-refractivity contribution in [1.82, 2.24) is 0 Å². The molecule has 4 heteroatoms. The van der Waals surface area contributed by atoms with E-state index in [9.17, 15) is 9.59 Å². The molecule has 2 atom stereocenters. The Bertz CT molecular complexity index is 399. The second-order valence-electron chi connectivity index (χ2n) is 6.89. The molecule has 0 aromatic rings. The van der Waals surface area contributed by atoms with Gasteiger partial charge in [-0.1, -0.05) is 53.4 Å². The van der Waals surface area contributed by atoms with Gasteiger partial charge < -0.3 is 9.47 Å². The number of rotatable bonds is 10. The summed E-state index contributed by atoms with van der Waals surface area (Å²) in [6, 6.07) is 0. The first-order chi connectivity index (χ1) is 11.5. The Hall–Kier alpha value is -1.32. The van der Waals surface area contributed by atoms with Crippen LogP contribution < -0.4 is 0 Å². The van der Waals surface area contributed by atoms with Crippen LogP contribution in [-0.4, -0.2) is 25.2 Å². The van der Waals surface area contributed by atoms with Crippen molar-refractivity contribution in [3.63, 3.8) is 0 Å². The van der Waals surface area contributed by atoms with Gasteiger partial charge in [0.05, 0.1) is 24.4 Å². The summed E-state index contributed by atoms with van der Waals surface area (Å²) in [5.74, 6) is -0.549. The fraction of sp³-hybridized carbons (Fsp3) is 0.800. The highest BCUT2D eigenvalue weighted by atomic mass is 16.5. The van der Waals surface area contributed by atoms with Gasteiger partial charge in [0.25, 0.3) is 0 Å². The van der Waals surface area contributed by atoms with Crippen LogP contribution in [0.15, 0.2) is 11.1 Å². The Balaban J connectivity index is 2.80. The third-order valence-electron chi connectivity index (χ3n) is 4.71. The second kappa shape index (κ2) is 11.3. The van der Waals surface area contributed by atoms with E-state index in [0.717, 1.165) is 51.4 Å². The second-order valence-corrected chi connectivity index (χ2v) is 6.89. The number of unbranched alkanes of at least 4 members (excludes halogenated alkanes) is 4. The molecule has 0 aromatic heterocycles. The Morgan fingerprint density at radius 1 is 0.792 bits per heavy atom. The monoisotopic (exact) mass is 338 g/mol. The van der Waals surface area contributed by atoms with E-state index in [4.69, 9.17) is 9.47 Å². The fourth-order valence-electron chi connectivity index (χ4n) is 3.13. The molecule has 0 spiro atoms. The highest BCUT2D eigenvalue weighted by Crippen LogP contribution is 2.35. The van der Waals surface area contributed by atoms with Gasteiger partial charge in [-0.3, -0.25) is 0 Å². The van der Waals surface area contributed by atoms with Crippen LogP contribution >= 0.6 is 0 Å². The molecule has 138 valence electrons. The van der Waals surface area contributed by atoms with Gasteiger partial charge in [-0.05, 0) is 37.5 Å². The standard InChI is InChI=1S/C20H34O4/c1-5-7-9-13-23-19(21)17-15(3)11-12-16(4)18(17)20(22)24-14-10-8-6-2/h15-16H,5-14H2,1-4H3. The quantitative estimate of drug-likeness (QED) is 0.423. The zero-order chi connectivity index (χ0) is 17.9. The number of carbonyl (C=O) groups excluding carboxylic acids is 2. The number of esters is 2. The molecule has 2 unspecified atom stereocenters. The molecule has 1 aliphatic carbocycles. The first-order valence-electron chi connectivity index (χ1n) is 9.61. The molecule has 24 heavy (non-hydrogen) atoms. The Labute approximate surface area is 147 Å². The minimum atomic E-state index is -0.328. The Kier molecular flexibility index (Phi) is 9.73. The molecule has 1 aliphatic rings. The number of ether oxygens (including phenoxy) is 2. The van der Waals surface area contributed by atoms with Crippen molar-refractivity contribution < 1.29 is 19.1 Å². The maximum absolute atomic E-state index is 12.5. The minimum absolute atomic E-state index is 0.0538. The van der Waals surface area contributed by atoms with Crippen molar-refractivity contribution in [2.45, 2.75) is 79.1 Å². The van der Waals surface area contributed by atoms with E-state index in [0.29, 0.717) is 24.4 Å². The van der Waals surface area contributed by atoms with E-state index in [1.54, 1.807) is 0 Å². The summed E-state index contributed by atoms with van der Waals surface area (Å²) in [5.41, 5.74) is 1.09. The maximum Gasteiger partial charge on any atom is 0.334 e. The van der Waals surface area contributed by atoms with Gasteiger partial charge in [-0.15, -0.1) is 0 Å². The van der Waals surface area contributed by atoms with Gasteiger partial charge in [-0.25, -0.2) is 9.59 Å². The average molecular weight is 338 g/mol. The molecule has 0 N–H and O–H groups in total. The van der Waals surface area contributed by atoms with E-state index in [1.165, 1.54) is 0 Å². The smallest absolute Gasteiger partial charge is 0.334 e. The van der Waals surface area contributed by atoms with Crippen LogP contribution in [0.4, 0.5) is 0 Å². The van der Waals surface area contributed by atoms with E-state index in [2.05, 4.69) is 13.8 Å². The SMILES string of the molecule is CCCCCOC(=O)C1=C(C(=O)OCCCCC)C(C)CCC1C. The van der Waals surface area contributed by atoms with E-state index in [-0.39, 0.29) is 23.8 Å². The van der Waals surface area contributed by atoms with Crippen LogP contribution in [0, 0.1) is 11.8 Å². The van der Waals surface area contributed by atoms with Crippen molar-refractivity contribution in [1.29, 1.82) is 0 Å². The largest absolute Gasteiger partial charge is 0.462 e. The third kappa shape index (κ3) is 6.29. The highest BCUT2D eigenvalue weighted by molar-refractivity contribution is 6.01. The molecule has 0 heterocycles. The summed E-state index contributed by atoms with van der Waals surface area (Å²) >= 11 is 0. The number of carbonyl (C=O) groups is 2. The summed E-state index contributed by atoms with van der Waals surface area (Å²) in [6.45, 7) is 9.08. The summed E-state index contributed by atoms with van der Waals surface area (Å²) in [7, 11) is 0. The maximum atomic E-state index is 12.5.